The van der Waals surface area contributed by atoms with E-state index in [2.05, 4.69) is 10.6 Å². The maximum absolute atomic E-state index is 11.4. The molecule has 1 saturated heterocycles. The molecule has 0 aromatic rings. The Labute approximate surface area is 111 Å². The molecule has 9 heteroatoms. The van der Waals surface area contributed by atoms with Crippen LogP contribution in [0.5, 0.6) is 0 Å². The van der Waals surface area contributed by atoms with E-state index in [0.717, 1.165) is 0 Å². The van der Waals surface area contributed by atoms with Crippen LogP contribution in [0.15, 0.2) is 0 Å². The first-order chi connectivity index (χ1) is 8.71. The van der Waals surface area contributed by atoms with E-state index in [1.807, 2.05) is 0 Å². The number of carboxylic acid groups (broad SMARTS) is 1. The van der Waals surface area contributed by atoms with Crippen LogP contribution in [0.1, 0.15) is 13.3 Å². The lowest BCUT2D eigenvalue weighted by Crippen LogP contribution is -2.51. The van der Waals surface area contributed by atoms with Crippen molar-refractivity contribution in [1.29, 1.82) is 0 Å². The molecule has 8 nitrogen and oxygen atoms in total. The summed E-state index contributed by atoms with van der Waals surface area (Å²) in [6.07, 6.45) is -0.739. The third kappa shape index (κ3) is 5.03. The third-order valence-electron chi connectivity index (χ3n) is 2.91. The first kappa shape index (κ1) is 15.7. The van der Waals surface area contributed by atoms with Crippen LogP contribution in [-0.4, -0.2) is 60.8 Å². The van der Waals surface area contributed by atoms with Gasteiger partial charge >= 0.3 is 12.0 Å². The quantitative estimate of drug-likeness (QED) is 0.490. The fourth-order valence-corrected chi connectivity index (χ4v) is 3.71. The molecule has 4 N–H and O–H groups in total. The van der Waals surface area contributed by atoms with Gasteiger partial charge in [0.1, 0.15) is 0 Å². The summed E-state index contributed by atoms with van der Waals surface area (Å²) in [5, 5.41) is 22.5. The van der Waals surface area contributed by atoms with E-state index in [4.69, 9.17) is 5.11 Å². The number of carbonyl (C=O) groups is 2. The molecule has 110 valence electrons. The van der Waals surface area contributed by atoms with Crippen molar-refractivity contribution in [3.8, 4) is 0 Å². The van der Waals surface area contributed by atoms with E-state index in [-0.39, 0.29) is 24.0 Å². The predicted molar refractivity (Wildman–Crippen MR) is 66.4 cm³/mol. The second-order valence-corrected chi connectivity index (χ2v) is 6.91. The Bertz CT molecular complexity index is 447. The fourth-order valence-electron chi connectivity index (χ4n) is 1.85. The molecule has 2 amide bonds. The second kappa shape index (κ2) is 6.20. The van der Waals surface area contributed by atoms with Crippen LogP contribution in [-0.2, 0) is 14.6 Å². The number of carboxylic acids is 1. The van der Waals surface area contributed by atoms with Gasteiger partial charge in [-0.05, 0) is 19.3 Å². The van der Waals surface area contributed by atoms with Crippen molar-refractivity contribution < 1.29 is 28.2 Å². The average molecular weight is 294 g/mol. The highest BCUT2D eigenvalue weighted by Crippen LogP contribution is 2.17. The van der Waals surface area contributed by atoms with Crippen molar-refractivity contribution in [1.82, 2.24) is 10.6 Å². The summed E-state index contributed by atoms with van der Waals surface area (Å²) in [5.74, 6) is -1.34. The maximum Gasteiger partial charge on any atom is 0.328 e. The Morgan fingerprint density at radius 3 is 2.47 bits per heavy atom. The summed E-state index contributed by atoms with van der Waals surface area (Å²) < 4.78 is 22.4. The summed E-state index contributed by atoms with van der Waals surface area (Å²) >= 11 is 0. The molecule has 1 heterocycles. The van der Waals surface area contributed by atoms with Gasteiger partial charge in [-0.25, -0.2) is 18.0 Å². The minimum absolute atomic E-state index is 0.0338. The van der Waals surface area contributed by atoms with Gasteiger partial charge in [0, 0.05) is 6.54 Å². The summed E-state index contributed by atoms with van der Waals surface area (Å²) in [6, 6.07) is -2.13. The number of amides is 2. The second-order valence-electron chi connectivity index (χ2n) is 4.68. The van der Waals surface area contributed by atoms with Gasteiger partial charge in [-0.2, -0.15) is 0 Å². The highest BCUT2D eigenvalue weighted by molar-refractivity contribution is 7.91. The molecule has 19 heavy (non-hydrogen) atoms. The van der Waals surface area contributed by atoms with Crippen LogP contribution in [0.25, 0.3) is 0 Å². The van der Waals surface area contributed by atoms with Crippen molar-refractivity contribution in [2.24, 2.45) is 5.92 Å². The highest BCUT2D eigenvalue weighted by atomic mass is 32.2. The SMILES string of the molecule is C[C@@H](O)[C@H](NC(=O)NCC1CCS(=O)(=O)C1)C(=O)O. The minimum Gasteiger partial charge on any atom is -0.480 e. The number of aliphatic hydroxyl groups excluding tert-OH is 1. The number of aliphatic carboxylic acids is 1. The Morgan fingerprint density at radius 1 is 1.42 bits per heavy atom. The van der Waals surface area contributed by atoms with E-state index >= 15 is 0 Å². The van der Waals surface area contributed by atoms with E-state index < -0.39 is 34.0 Å². The molecule has 1 aliphatic rings. The monoisotopic (exact) mass is 294 g/mol. The number of hydrogen-bond donors (Lipinski definition) is 4. The maximum atomic E-state index is 11.4. The number of rotatable bonds is 5. The molecule has 0 aliphatic carbocycles. The lowest BCUT2D eigenvalue weighted by molar-refractivity contribution is -0.141. The molecule has 3 atom stereocenters. The number of urea groups is 1. The molecule has 0 aromatic carbocycles. The van der Waals surface area contributed by atoms with E-state index in [1.54, 1.807) is 0 Å². The molecule has 1 unspecified atom stereocenters. The van der Waals surface area contributed by atoms with Gasteiger partial charge in [-0.1, -0.05) is 0 Å². The number of carbonyl (C=O) groups excluding carboxylic acids is 1. The number of nitrogens with one attached hydrogen (secondary N) is 2. The van der Waals surface area contributed by atoms with Crippen molar-refractivity contribution >= 4 is 21.8 Å². The van der Waals surface area contributed by atoms with E-state index in [1.165, 1.54) is 6.92 Å². The predicted octanol–water partition coefficient (Wildman–Crippen LogP) is -1.45. The molecular weight excluding hydrogens is 276 g/mol. The van der Waals surface area contributed by atoms with Crippen molar-refractivity contribution in [3.63, 3.8) is 0 Å². The van der Waals surface area contributed by atoms with Crippen molar-refractivity contribution in [2.45, 2.75) is 25.5 Å². The molecule has 1 rings (SSSR count). The van der Waals surface area contributed by atoms with Crippen LogP contribution in [0.2, 0.25) is 0 Å². The summed E-state index contributed by atoms with van der Waals surface area (Å²) in [4.78, 5) is 22.2. The summed E-state index contributed by atoms with van der Waals surface area (Å²) in [6.45, 7) is 1.42. The van der Waals surface area contributed by atoms with Crippen LogP contribution in [0.4, 0.5) is 4.79 Å². The first-order valence-electron chi connectivity index (χ1n) is 5.87. The Kier molecular flexibility index (Phi) is 5.12. The summed E-state index contributed by atoms with van der Waals surface area (Å²) in [7, 11) is -3.00. The topological polar surface area (TPSA) is 133 Å². The largest absolute Gasteiger partial charge is 0.480 e. The Balaban J connectivity index is 2.38. The van der Waals surface area contributed by atoms with Crippen LogP contribution < -0.4 is 10.6 Å². The van der Waals surface area contributed by atoms with Crippen molar-refractivity contribution in [2.75, 3.05) is 18.1 Å². The zero-order valence-electron chi connectivity index (χ0n) is 10.5. The first-order valence-corrected chi connectivity index (χ1v) is 7.69. The number of sulfone groups is 1. The van der Waals surface area contributed by atoms with Gasteiger partial charge < -0.3 is 20.8 Å². The zero-order valence-corrected chi connectivity index (χ0v) is 11.3. The normalized spacial score (nSPS) is 24.4. The Hall–Kier alpha value is -1.35. The molecular formula is C10H18N2O6S. The molecule has 1 fully saturated rings. The molecule has 0 radical (unpaired) electrons. The molecule has 0 saturated carbocycles. The standard InChI is InChI=1S/C10H18N2O6S/c1-6(13)8(9(14)15)12-10(16)11-4-7-2-3-19(17,18)5-7/h6-8,13H,2-5H2,1H3,(H,14,15)(H2,11,12,16)/t6-,7?,8+/m1/s1. The van der Waals surface area contributed by atoms with E-state index in [0.29, 0.717) is 6.42 Å². The van der Waals surface area contributed by atoms with Gasteiger partial charge in [0.25, 0.3) is 0 Å². The van der Waals surface area contributed by atoms with Crippen LogP contribution in [0, 0.1) is 5.92 Å². The highest BCUT2D eigenvalue weighted by Gasteiger charge is 2.29. The van der Waals surface area contributed by atoms with Crippen LogP contribution in [0.3, 0.4) is 0 Å². The van der Waals surface area contributed by atoms with Crippen LogP contribution >= 0.6 is 0 Å². The fraction of sp³-hybridized carbons (Fsp3) is 0.800. The summed E-state index contributed by atoms with van der Waals surface area (Å²) in [5.41, 5.74) is 0. The van der Waals surface area contributed by atoms with Gasteiger partial charge in [-0.3, -0.25) is 0 Å². The van der Waals surface area contributed by atoms with Crippen molar-refractivity contribution in [3.05, 3.63) is 0 Å². The molecule has 0 spiro atoms. The minimum atomic E-state index is -3.00. The molecule has 0 aromatic heterocycles. The zero-order chi connectivity index (χ0) is 14.6. The number of aliphatic hydroxyl groups is 1. The van der Waals surface area contributed by atoms with Gasteiger partial charge in [0.05, 0.1) is 17.6 Å². The Morgan fingerprint density at radius 2 is 2.05 bits per heavy atom. The van der Waals surface area contributed by atoms with Gasteiger partial charge in [0.15, 0.2) is 15.9 Å². The molecule has 0 bridgehead atoms. The third-order valence-corrected chi connectivity index (χ3v) is 4.75. The van der Waals surface area contributed by atoms with E-state index in [9.17, 15) is 23.1 Å². The number of hydrogen-bond acceptors (Lipinski definition) is 5. The molecule has 1 aliphatic heterocycles. The lowest BCUT2D eigenvalue weighted by Gasteiger charge is -2.18. The average Bonchev–Trinajstić information content (AvgIpc) is 2.62. The lowest BCUT2D eigenvalue weighted by atomic mass is 10.1. The van der Waals surface area contributed by atoms with Gasteiger partial charge in [-0.15, -0.1) is 0 Å². The smallest absolute Gasteiger partial charge is 0.328 e. The van der Waals surface area contributed by atoms with Gasteiger partial charge in [0.2, 0.25) is 0 Å².